The van der Waals surface area contributed by atoms with Crippen molar-refractivity contribution in [2.24, 2.45) is 0 Å². The maximum absolute atomic E-state index is 11.5. The average molecular weight is 264 g/mol. The molecule has 2 rings (SSSR count). The van der Waals surface area contributed by atoms with Crippen LogP contribution < -0.4 is 4.74 Å². The van der Waals surface area contributed by atoms with Crippen molar-refractivity contribution < 1.29 is 23.8 Å². The normalized spacial score (nSPS) is 14.4. The lowest BCUT2D eigenvalue weighted by Crippen LogP contribution is -2.22. The molecule has 0 aliphatic heterocycles. The highest BCUT2D eigenvalue weighted by Crippen LogP contribution is 2.26. The third-order valence-corrected chi connectivity index (χ3v) is 2.87. The summed E-state index contributed by atoms with van der Waals surface area (Å²) in [5.74, 6) is -0.0708. The molecule has 0 aromatic heterocycles. The Labute approximate surface area is 111 Å². The molecule has 1 aromatic rings. The zero-order chi connectivity index (χ0) is 13.8. The molecule has 0 amide bonds. The van der Waals surface area contributed by atoms with Crippen molar-refractivity contribution >= 4 is 12.1 Å². The Morgan fingerprint density at radius 3 is 2.63 bits per heavy atom. The molecular formula is C14H16O5. The topological polar surface area (TPSA) is 61.8 Å². The first-order valence-corrected chi connectivity index (χ1v) is 6.22. The van der Waals surface area contributed by atoms with E-state index in [0.29, 0.717) is 5.75 Å². The van der Waals surface area contributed by atoms with E-state index >= 15 is 0 Å². The van der Waals surface area contributed by atoms with Crippen LogP contribution in [0.3, 0.4) is 0 Å². The fourth-order valence-electron chi connectivity index (χ4n) is 2.13. The van der Waals surface area contributed by atoms with Crippen LogP contribution in [0.2, 0.25) is 0 Å². The largest absolute Gasteiger partial charge is 0.516 e. The second-order valence-corrected chi connectivity index (χ2v) is 4.43. The average Bonchev–Trinajstić information content (AvgIpc) is 2.74. The standard InChI is InChI=1S/C14H16O5/c1-9(15)17-10(2)18-14(16)19-13-7-6-11-4-3-5-12(11)8-13/h6-8,10H,3-5H2,1-2H3. The van der Waals surface area contributed by atoms with Crippen molar-refractivity contribution in [3.8, 4) is 5.75 Å². The summed E-state index contributed by atoms with van der Waals surface area (Å²) >= 11 is 0. The van der Waals surface area contributed by atoms with Gasteiger partial charge in [0.1, 0.15) is 5.75 Å². The number of aryl methyl sites for hydroxylation is 2. The predicted molar refractivity (Wildman–Crippen MR) is 66.8 cm³/mol. The van der Waals surface area contributed by atoms with Gasteiger partial charge in [0.15, 0.2) is 0 Å². The number of hydrogen-bond donors (Lipinski definition) is 0. The van der Waals surface area contributed by atoms with Gasteiger partial charge in [0, 0.05) is 13.8 Å². The minimum Gasteiger partial charge on any atom is -0.426 e. The molecule has 1 aliphatic carbocycles. The van der Waals surface area contributed by atoms with Crippen LogP contribution in [-0.2, 0) is 27.1 Å². The Hall–Kier alpha value is -2.04. The molecule has 0 N–H and O–H groups in total. The van der Waals surface area contributed by atoms with Gasteiger partial charge in [-0.1, -0.05) is 6.07 Å². The van der Waals surface area contributed by atoms with E-state index in [9.17, 15) is 9.59 Å². The Bertz CT molecular complexity index is 495. The number of carbonyl (C=O) groups excluding carboxylic acids is 2. The molecular weight excluding hydrogens is 248 g/mol. The van der Waals surface area contributed by atoms with Gasteiger partial charge in [-0.25, -0.2) is 4.79 Å². The molecule has 5 heteroatoms. The summed E-state index contributed by atoms with van der Waals surface area (Å²) in [6, 6.07) is 5.54. The summed E-state index contributed by atoms with van der Waals surface area (Å²) in [4.78, 5) is 22.1. The summed E-state index contributed by atoms with van der Waals surface area (Å²) in [5, 5.41) is 0. The summed E-state index contributed by atoms with van der Waals surface area (Å²) in [7, 11) is 0. The lowest BCUT2D eigenvalue weighted by Gasteiger charge is -2.12. The lowest BCUT2D eigenvalue weighted by molar-refractivity contribution is -0.163. The molecule has 0 spiro atoms. The van der Waals surface area contributed by atoms with E-state index in [4.69, 9.17) is 9.47 Å². The Balaban J connectivity index is 1.90. The summed E-state index contributed by atoms with van der Waals surface area (Å²) in [5.41, 5.74) is 2.51. The molecule has 1 aliphatic rings. The highest BCUT2D eigenvalue weighted by atomic mass is 16.8. The molecule has 0 bridgehead atoms. The summed E-state index contributed by atoms with van der Waals surface area (Å²) in [6.07, 6.45) is 1.37. The SMILES string of the molecule is CC(=O)OC(C)OC(=O)Oc1ccc2c(c1)CCC2. The fraction of sp³-hybridized carbons (Fsp3) is 0.429. The van der Waals surface area contributed by atoms with Gasteiger partial charge in [0.2, 0.25) is 6.29 Å². The van der Waals surface area contributed by atoms with E-state index in [1.807, 2.05) is 12.1 Å². The zero-order valence-electron chi connectivity index (χ0n) is 11.0. The first-order valence-electron chi connectivity index (χ1n) is 6.22. The van der Waals surface area contributed by atoms with Gasteiger partial charge >= 0.3 is 12.1 Å². The molecule has 0 radical (unpaired) electrons. The van der Waals surface area contributed by atoms with Gasteiger partial charge < -0.3 is 14.2 Å². The van der Waals surface area contributed by atoms with E-state index in [0.717, 1.165) is 19.3 Å². The number of esters is 1. The van der Waals surface area contributed by atoms with Crippen LogP contribution in [-0.4, -0.2) is 18.4 Å². The van der Waals surface area contributed by atoms with Crippen LogP contribution in [0.1, 0.15) is 31.4 Å². The van der Waals surface area contributed by atoms with Crippen LogP contribution in [0.15, 0.2) is 18.2 Å². The van der Waals surface area contributed by atoms with Crippen LogP contribution in [0.4, 0.5) is 4.79 Å². The molecule has 5 nitrogen and oxygen atoms in total. The van der Waals surface area contributed by atoms with E-state index in [1.54, 1.807) is 6.07 Å². The molecule has 19 heavy (non-hydrogen) atoms. The van der Waals surface area contributed by atoms with E-state index in [2.05, 4.69) is 4.74 Å². The first kappa shape index (κ1) is 13.4. The molecule has 1 aromatic carbocycles. The van der Waals surface area contributed by atoms with Crippen molar-refractivity contribution in [1.82, 2.24) is 0 Å². The quantitative estimate of drug-likeness (QED) is 0.477. The van der Waals surface area contributed by atoms with Gasteiger partial charge in [0.05, 0.1) is 0 Å². The number of carbonyl (C=O) groups is 2. The van der Waals surface area contributed by atoms with Gasteiger partial charge in [0.25, 0.3) is 0 Å². The van der Waals surface area contributed by atoms with Crippen LogP contribution >= 0.6 is 0 Å². The second kappa shape index (κ2) is 5.73. The predicted octanol–water partition coefficient (Wildman–Crippen LogP) is 2.60. The molecule has 1 unspecified atom stereocenters. The third-order valence-electron chi connectivity index (χ3n) is 2.87. The third kappa shape index (κ3) is 3.71. The minimum atomic E-state index is -0.959. The molecule has 0 fully saturated rings. The van der Waals surface area contributed by atoms with Gasteiger partial charge in [-0.2, -0.15) is 0 Å². The Morgan fingerprint density at radius 2 is 1.89 bits per heavy atom. The molecule has 0 heterocycles. The molecule has 102 valence electrons. The van der Waals surface area contributed by atoms with Crippen LogP contribution in [0, 0.1) is 0 Å². The second-order valence-electron chi connectivity index (χ2n) is 4.43. The highest BCUT2D eigenvalue weighted by Gasteiger charge is 2.16. The number of ether oxygens (including phenoxy) is 3. The maximum Gasteiger partial charge on any atom is 0.516 e. The van der Waals surface area contributed by atoms with E-state index in [-0.39, 0.29) is 0 Å². The van der Waals surface area contributed by atoms with Gasteiger partial charge in [-0.3, -0.25) is 4.79 Å². The van der Waals surface area contributed by atoms with Crippen LogP contribution in [0.5, 0.6) is 5.75 Å². The van der Waals surface area contributed by atoms with Crippen molar-refractivity contribution in [2.45, 2.75) is 39.4 Å². The first-order chi connectivity index (χ1) is 9.04. The number of rotatable bonds is 3. The van der Waals surface area contributed by atoms with Gasteiger partial charge in [-0.05, 0) is 42.5 Å². The maximum atomic E-state index is 11.5. The van der Waals surface area contributed by atoms with Crippen molar-refractivity contribution in [1.29, 1.82) is 0 Å². The number of fused-ring (bicyclic) bond motifs is 1. The Kier molecular flexibility index (Phi) is 4.04. The summed E-state index contributed by atoms with van der Waals surface area (Å²) in [6.45, 7) is 2.69. The smallest absolute Gasteiger partial charge is 0.426 e. The number of hydrogen-bond acceptors (Lipinski definition) is 5. The minimum absolute atomic E-state index is 0.445. The lowest BCUT2D eigenvalue weighted by atomic mass is 10.1. The van der Waals surface area contributed by atoms with Crippen LogP contribution in [0.25, 0.3) is 0 Å². The molecule has 0 saturated carbocycles. The number of benzene rings is 1. The van der Waals surface area contributed by atoms with Gasteiger partial charge in [-0.15, -0.1) is 0 Å². The monoisotopic (exact) mass is 264 g/mol. The van der Waals surface area contributed by atoms with Crippen molar-refractivity contribution in [3.63, 3.8) is 0 Å². The molecule has 0 saturated heterocycles. The van der Waals surface area contributed by atoms with Crippen molar-refractivity contribution in [2.75, 3.05) is 0 Å². The van der Waals surface area contributed by atoms with E-state index in [1.165, 1.54) is 25.0 Å². The fourth-order valence-corrected chi connectivity index (χ4v) is 2.13. The highest BCUT2D eigenvalue weighted by molar-refractivity contribution is 5.67. The van der Waals surface area contributed by atoms with E-state index < -0.39 is 18.4 Å². The molecule has 1 atom stereocenters. The summed E-state index contributed by atoms with van der Waals surface area (Å²) < 4.78 is 14.5. The van der Waals surface area contributed by atoms with Crippen molar-refractivity contribution in [3.05, 3.63) is 29.3 Å². The Morgan fingerprint density at radius 1 is 1.16 bits per heavy atom. The zero-order valence-corrected chi connectivity index (χ0v) is 11.0.